The molecule has 0 amide bonds. The number of ether oxygens (including phenoxy) is 1. The number of aliphatic carboxylic acids is 1. The lowest BCUT2D eigenvalue weighted by Gasteiger charge is -2.15. The predicted octanol–water partition coefficient (Wildman–Crippen LogP) is 2.88. The van der Waals surface area contributed by atoms with Crippen LogP contribution in [0.3, 0.4) is 0 Å². The highest BCUT2D eigenvalue weighted by Gasteiger charge is 2.53. The summed E-state index contributed by atoms with van der Waals surface area (Å²) in [5, 5.41) is 9.25. The van der Waals surface area contributed by atoms with Crippen molar-refractivity contribution >= 4 is 21.9 Å². The summed E-state index contributed by atoms with van der Waals surface area (Å²) in [6.45, 7) is 1.94. The van der Waals surface area contributed by atoms with Crippen molar-refractivity contribution in [1.82, 2.24) is 0 Å². The summed E-state index contributed by atoms with van der Waals surface area (Å²) < 4.78 is 6.08. The number of carbonyl (C=O) groups is 1. The van der Waals surface area contributed by atoms with E-state index in [-0.39, 0.29) is 0 Å². The Morgan fingerprint density at radius 1 is 1.50 bits per heavy atom. The van der Waals surface area contributed by atoms with Crippen molar-refractivity contribution in [1.29, 1.82) is 0 Å². The maximum Gasteiger partial charge on any atom is 0.314 e. The molecule has 16 heavy (non-hydrogen) atoms. The lowest BCUT2D eigenvalue weighted by atomic mass is 9.95. The third-order valence-corrected chi connectivity index (χ3v) is 3.82. The molecule has 0 bridgehead atoms. The van der Waals surface area contributed by atoms with Crippen molar-refractivity contribution in [2.45, 2.75) is 25.2 Å². The zero-order chi connectivity index (χ0) is 11.9. The van der Waals surface area contributed by atoms with Gasteiger partial charge in [-0.1, -0.05) is 15.9 Å². The Bertz CT molecular complexity index is 450. The average molecular weight is 285 g/mol. The van der Waals surface area contributed by atoms with Crippen molar-refractivity contribution in [2.24, 2.45) is 0 Å². The van der Waals surface area contributed by atoms with Crippen LogP contribution in [-0.4, -0.2) is 18.2 Å². The molecule has 0 radical (unpaired) electrons. The Morgan fingerprint density at radius 2 is 2.12 bits per heavy atom. The van der Waals surface area contributed by atoms with E-state index in [1.54, 1.807) is 7.11 Å². The van der Waals surface area contributed by atoms with Crippen molar-refractivity contribution < 1.29 is 14.6 Å². The van der Waals surface area contributed by atoms with Crippen LogP contribution in [0, 0.1) is 6.92 Å². The van der Waals surface area contributed by atoms with Crippen LogP contribution in [0.4, 0.5) is 0 Å². The van der Waals surface area contributed by atoms with Crippen molar-refractivity contribution in [2.75, 3.05) is 7.11 Å². The second kappa shape index (κ2) is 3.77. The van der Waals surface area contributed by atoms with E-state index in [1.165, 1.54) is 0 Å². The first-order valence-corrected chi connectivity index (χ1v) is 5.88. The Balaban J connectivity index is 2.53. The third-order valence-electron chi connectivity index (χ3n) is 3.16. The fraction of sp³-hybridized carbons (Fsp3) is 0.417. The Kier molecular flexibility index (Phi) is 2.70. The van der Waals surface area contributed by atoms with Gasteiger partial charge in [-0.2, -0.15) is 0 Å². The van der Waals surface area contributed by atoms with Crippen LogP contribution < -0.4 is 4.74 Å². The number of rotatable bonds is 3. The van der Waals surface area contributed by atoms with E-state index in [4.69, 9.17) is 4.74 Å². The first-order chi connectivity index (χ1) is 7.51. The van der Waals surface area contributed by atoms with Gasteiger partial charge in [-0.25, -0.2) is 0 Å². The topological polar surface area (TPSA) is 46.5 Å². The predicted molar refractivity (Wildman–Crippen MR) is 64.0 cm³/mol. The van der Waals surface area contributed by atoms with Gasteiger partial charge in [0.15, 0.2) is 0 Å². The number of aryl methyl sites for hydroxylation is 1. The van der Waals surface area contributed by atoms with E-state index in [0.717, 1.165) is 21.3 Å². The fourth-order valence-corrected chi connectivity index (χ4v) is 2.80. The fourth-order valence-electron chi connectivity index (χ4n) is 1.96. The lowest BCUT2D eigenvalue weighted by Crippen LogP contribution is -2.20. The van der Waals surface area contributed by atoms with Gasteiger partial charge in [-0.15, -0.1) is 0 Å². The third kappa shape index (κ3) is 1.61. The average Bonchev–Trinajstić information content (AvgIpc) is 2.99. The molecular formula is C12H13BrO3. The van der Waals surface area contributed by atoms with Crippen LogP contribution in [0.2, 0.25) is 0 Å². The van der Waals surface area contributed by atoms with Crippen molar-refractivity contribution in [3.05, 3.63) is 27.7 Å². The molecule has 86 valence electrons. The van der Waals surface area contributed by atoms with Gasteiger partial charge in [0.1, 0.15) is 5.75 Å². The normalized spacial score (nSPS) is 16.9. The lowest BCUT2D eigenvalue weighted by molar-refractivity contribution is -0.140. The molecule has 1 aromatic rings. The Labute approximate surface area is 103 Å². The van der Waals surface area contributed by atoms with Gasteiger partial charge in [0.05, 0.1) is 12.5 Å². The summed E-state index contributed by atoms with van der Waals surface area (Å²) in [4.78, 5) is 11.3. The number of carboxylic acids is 1. The molecule has 0 saturated heterocycles. The SMILES string of the molecule is COc1cc(C2(C(=O)O)CC2)c(Br)cc1C. The summed E-state index contributed by atoms with van der Waals surface area (Å²) in [6.07, 6.45) is 1.40. The van der Waals surface area contributed by atoms with Gasteiger partial charge in [-0.3, -0.25) is 4.79 Å². The van der Waals surface area contributed by atoms with Gasteiger partial charge in [0.2, 0.25) is 0 Å². The molecule has 0 unspecified atom stereocenters. The monoisotopic (exact) mass is 284 g/mol. The molecule has 0 heterocycles. The summed E-state index contributed by atoms with van der Waals surface area (Å²) in [5.41, 5.74) is 1.13. The minimum absolute atomic E-state index is 0.695. The molecule has 0 aromatic heterocycles. The molecule has 1 saturated carbocycles. The number of benzene rings is 1. The number of hydrogen-bond acceptors (Lipinski definition) is 2. The summed E-state index contributed by atoms with van der Waals surface area (Å²) in [7, 11) is 1.60. The second-order valence-electron chi connectivity index (χ2n) is 4.19. The highest BCUT2D eigenvalue weighted by Crippen LogP contribution is 2.51. The van der Waals surface area contributed by atoms with E-state index in [0.29, 0.717) is 12.8 Å². The van der Waals surface area contributed by atoms with Gasteiger partial charge >= 0.3 is 5.97 Å². The molecule has 1 aliphatic rings. The van der Waals surface area contributed by atoms with Gasteiger partial charge in [-0.05, 0) is 43.0 Å². The Hall–Kier alpha value is -1.03. The maximum absolute atomic E-state index is 11.3. The smallest absolute Gasteiger partial charge is 0.314 e. The zero-order valence-electron chi connectivity index (χ0n) is 9.21. The molecule has 4 heteroatoms. The van der Waals surface area contributed by atoms with E-state index in [1.807, 2.05) is 19.1 Å². The first-order valence-electron chi connectivity index (χ1n) is 5.09. The molecule has 0 spiro atoms. The molecule has 3 nitrogen and oxygen atoms in total. The van der Waals surface area contributed by atoms with Crippen LogP contribution in [0.15, 0.2) is 16.6 Å². The molecule has 0 aliphatic heterocycles. The molecule has 0 atom stereocenters. The first kappa shape index (κ1) is 11.5. The van der Waals surface area contributed by atoms with Crippen molar-refractivity contribution in [3.8, 4) is 5.75 Å². The van der Waals surface area contributed by atoms with E-state index in [2.05, 4.69) is 15.9 Å². The minimum Gasteiger partial charge on any atom is -0.496 e. The van der Waals surface area contributed by atoms with Crippen LogP contribution in [0.25, 0.3) is 0 Å². The minimum atomic E-state index is -0.751. The van der Waals surface area contributed by atoms with E-state index >= 15 is 0 Å². The van der Waals surface area contributed by atoms with Gasteiger partial charge in [0.25, 0.3) is 0 Å². The second-order valence-corrected chi connectivity index (χ2v) is 5.04. The largest absolute Gasteiger partial charge is 0.496 e. The highest BCUT2D eigenvalue weighted by atomic mass is 79.9. The standard InChI is InChI=1S/C12H13BrO3/c1-7-5-9(13)8(6-10(7)16-2)12(3-4-12)11(14)15/h5-6H,3-4H2,1-2H3,(H,14,15). The van der Waals surface area contributed by atoms with Crippen molar-refractivity contribution in [3.63, 3.8) is 0 Å². The Morgan fingerprint density at radius 3 is 2.56 bits per heavy atom. The quantitative estimate of drug-likeness (QED) is 0.928. The molecule has 1 aliphatic carbocycles. The number of halogens is 1. The molecule has 1 fully saturated rings. The van der Waals surface area contributed by atoms with Crippen LogP contribution in [-0.2, 0) is 10.2 Å². The molecular weight excluding hydrogens is 272 g/mol. The summed E-state index contributed by atoms with van der Waals surface area (Å²) in [5.74, 6) is -0.00942. The molecule has 1 aromatic carbocycles. The number of carboxylic acid groups (broad SMARTS) is 1. The van der Waals surface area contributed by atoms with Crippen LogP contribution >= 0.6 is 15.9 Å². The summed E-state index contributed by atoms with van der Waals surface area (Å²) in [6, 6.07) is 3.75. The van der Waals surface area contributed by atoms with E-state index < -0.39 is 11.4 Å². The molecule has 2 rings (SSSR count). The maximum atomic E-state index is 11.3. The van der Waals surface area contributed by atoms with E-state index in [9.17, 15) is 9.90 Å². The number of methoxy groups -OCH3 is 1. The van der Waals surface area contributed by atoms with Gasteiger partial charge in [0, 0.05) is 4.47 Å². The molecule has 1 N–H and O–H groups in total. The van der Waals surface area contributed by atoms with Crippen LogP contribution in [0.1, 0.15) is 24.0 Å². The zero-order valence-corrected chi connectivity index (χ0v) is 10.8. The summed E-state index contributed by atoms with van der Waals surface area (Å²) >= 11 is 3.44. The van der Waals surface area contributed by atoms with Crippen LogP contribution in [0.5, 0.6) is 5.75 Å². The highest BCUT2D eigenvalue weighted by molar-refractivity contribution is 9.10. The van der Waals surface area contributed by atoms with Gasteiger partial charge < -0.3 is 9.84 Å². The number of hydrogen-bond donors (Lipinski definition) is 1.